The van der Waals surface area contributed by atoms with Gasteiger partial charge in [-0.3, -0.25) is 4.79 Å². The Morgan fingerprint density at radius 2 is 1.03 bits per heavy atom. The molecule has 33 heavy (non-hydrogen) atoms. The van der Waals surface area contributed by atoms with Gasteiger partial charge in [0.2, 0.25) is 0 Å². The number of anilines is 1. The van der Waals surface area contributed by atoms with Crippen LogP contribution in [0.4, 0.5) is 5.69 Å². The molecule has 4 aromatic carbocycles. The molecule has 0 unspecified atom stereocenters. The van der Waals surface area contributed by atoms with E-state index in [-0.39, 0.29) is 5.91 Å². The third kappa shape index (κ3) is 6.47. The fraction of sp³-hybridized carbons (Fsp3) is 0.138. The molecular weight excluding hydrogens is 410 g/mol. The highest BCUT2D eigenvalue weighted by molar-refractivity contribution is 6.04. The van der Waals surface area contributed by atoms with Crippen LogP contribution in [0.15, 0.2) is 97.1 Å². The highest BCUT2D eigenvalue weighted by Gasteiger charge is 2.07. The van der Waals surface area contributed by atoms with Crippen molar-refractivity contribution in [1.82, 2.24) is 0 Å². The molecule has 0 aliphatic heterocycles. The quantitative estimate of drug-likeness (QED) is 0.333. The Morgan fingerprint density at radius 3 is 1.48 bits per heavy atom. The lowest BCUT2D eigenvalue weighted by molar-refractivity contribution is 0.102. The lowest BCUT2D eigenvalue weighted by Crippen LogP contribution is -2.11. The van der Waals surface area contributed by atoms with Crippen molar-refractivity contribution in [2.45, 2.75) is 27.1 Å². The molecule has 0 bridgehead atoms. The number of nitrogens with one attached hydrogen (secondary N) is 1. The normalized spacial score (nSPS) is 10.5. The van der Waals surface area contributed by atoms with E-state index in [9.17, 15) is 4.79 Å². The minimum Gasteiger partial charge on any atom is -0.489 e. The summed E-state index contributed by atoms with van der Waals surface area (Å²) in [6.45, 7) is 5.12. The second kappa shape index (κ2) is 10.5. The topological polar surface area (TPSA) is 47.6 Å². The molecule has 1 amide bonds. The number of carbonyl (C=O) groups excluding carboxylic acids is 1. The molecule has 4 aromatic rings. The minimum atomic E-state index is -0.173. The highest BCUT2D eigenvalue weighted by atomic mass is 16.5. The first kappa shape index (κ1) is 22.2. The number of carbonyl (C=O) groups is 1. The fourth-order valence-electron chi connectivity index (χ4n) is 3.24. The number of benzene rings is 4. The molecule has 0 aromatic heterocycles. The van der Waals surface area contributed by atoms with Gasteiger partial charge in [-0.05, 0) is 73.5 Å². The average molecular weight is 438 g/mol. The van der Waals surface area contributed by atoms with Crippen LogP contribution < -0.4 is 14.8 Å². The van der Waals surface area contributed by atoms with Gasteiger partial charge < -0.3 is 14.8 Å². The van der Waals surface area contributed by atoms with Crippen LogP contribution in [0.1, 0.15) is 32.6 Å². The third-order valence-corrected chi connectivity index (χ3v) is 5.28. The lowest BCUT2D eigenvalue weighted by Gasteiger charge is -2.10. The number of ether oxygens (including phenoxy) is 2. The lowest BCUT2D eigenvalue weighted by atomic mass is 10.1. The molecule has 0 saturated heterocycles. The second-order valence-corrected chi connectivity index (χ2v) is 8.05. The molecule has 0 heterocycles. The van der Waals surface area contributed by atoms with Crippen LogP contribution in [0.2, 0.25) is 0 Å². The van der Waals surface area contributed by atoms with Crippen LogP contribution in [0, 0.1) is 13.8 Å². The van der Waals surface area contributed by atoms with Gasteiger partial charge in [-0.1, -0.05) is 59.7 Å². The van der Waals surface area contributed by atoms with E-state index in [1.807, 2.05) is 36.4 Å². The van der Waals surface area contributed by atoms with Crippen molar-refractivity contribution in [3.8, 4) is 11.5 Å². The summed E-state index contributed by atoms with van der Waals surface area (Å²) in [5.74, 6) is 1.30. The molecule has 166 valence electrons. The summed E-state index contributed by atoms with van der Waals surface area (Å²) in [5.41, 5.74) is 5.94. The number of rotatable bonds is 8. The van der Waals surface area contributed by atoms with E-state index in [4.69, 9.17) is 9.47 Å². The Balaban J connectivity index is 1.27. The summed E-state index contributed by atoms with van der Waals surface area (Å²) in [6, 6.07) is 31.0. The molecule has 0 aliphatic carbocycles. The van der Waals surface area contributed by atoms with Gasteiger partial charge in [0, 0.05) is 11.3 Å². The van der Waals surface area contributed by atoms with Gasteiger partial charge in [-0.2, -0.15) is 0 Å². The maximum Gasteiger partial charge on any atom is 0.255 e. The summed E-state index contributed by atoms with van der Waals surface area (Å²) in [7, 11) is 0. The third-order valence-electron chi connectivity index (χ3n) is 5.28. The summed E-state index contributed by atoms with van der Waals surface area (Å²) in [5, 5.41) is 2.91. The predicted octanol–water partition coefficient (Wildman–Crippen LogP) is 6.71. The van der Waals surface area contributed by atoms with Crippen LogP contribution in [-0.2, 0) is 13.2 Å². The Kier molecular flexibility index (Phi) is 7.06. The van der Waals surface area contributed by atoms with Crippen LogP contribution in [-0.4, -0.2) is 5.91 Å². The van der Waals surface area contributed by atoms with Crippen molar-refractivity contribution >= 4 is 11.6 Å². The molecule has 0 aliphatic rings. The Bertz CT molecular complexity index is 1180. The number of hydrogen-bond acceptors (Lipinski definition) is 3. The standard InChI is InChI=1S/C29H27NO3/c1-21-3-7-23(8-4-21)19-32-27-15-11-25(12-16-27)29(31)30-26-13-17-28(18-14-26)33-20-24-9-5-22(2)6-10-24/h3-18H,19-20H2,1-2H3,(H,30,31). The van der Waals surface area contributed by atoms with Crippen LogP contribution in [0.25, 0.3) is 0 Å². The van der Waals surface area contributed by atoms with Crippen LogP contribution >= 0.6 is 0 Å². The van der Waals surface area contributed by atoms with E-state index in [1.165, 1.54) is 11.1 Å². The Morgan fingerprint density at radius 1 is 0.606 bits per heavy atom. The first-order chi connectivity index (χ1) is 16.0. The first-order valence-electron chi connectivity index (χ1n) is 10.9. The number of hydrogen-bond donors (Lipinski definition) is 1. The van der Waals surface area contributed by atoms with Gasteiger partial charge in [0.25, 0.3) is 5.91 Å². The molecule has 0 saturated carbocycles. The molecule has 0 atom stereocenters. The van der Waals surface area contributed by atoms with Gasteiger partial charge in [-0.25, -0.2) is 0 Å². The largest absolute Gasteiger partial charge is 0.489 e. The van der Waals surface area contributed by atoms with Crippen molar-refractivity contribution in [3.63, 3.8) is 0 Å². The van der Waals surface area contributed by atoms with Gasteiger partial charge in [0.15, 0.2) is 0 Å². The molecule has 1 N–H and O–H groups in total. The average Bonchev–Trinajstić information content (AvgIpc) is 2.84. The van der Waals surface area contributed by atoms with Crippen molar-refractivity contribution < 1.29 is 14.3 Å². The second-order valence-electron chi connectivity index (χ2n) is 8.05. The number of amides is 1. The fourth-order valence-corrected chi connectivity index (χ4v) is 3.24. The predicted molar refractivity (Wildman–Crippen MR) is 132 cm³/mol. The summed E-state index contributed by atoms with van der Waals surface area (Å²) in [4.78, 5) is 12.6. The molecule has 4 nitrogen and oxygen atoms in total. The van der Waals surface area contributed by atoms with E-state index >= 15 is 0 Å². The van der Waals surface area contributed by atoms with E-state index in [0.29, 0.717) is 24.5 Å². The molecule has 0 fully saturated rings. The van der Waals surface area contributed by atoms with E-state index < -0.39 is 0 Å². The summed E-state index contributed by atoms with van der Waals surface area (Å²) in [6.07, 6.45) is 0. The molecule has 4 rings (SSSR count). The molecular formula is C29H27NO3. The zero-order valence-corrected chi connectivity index (χ0v) is 18.9. The molecule has 0 radical (unpaired) electrons. The zero-order valence-electron chi connectivity index (χ0n) is 18.9. The van der Waals surface area contributed by atoms with E-state index in [1.54, 1.807) is 12.1 Å². The smallest absolute Gasteiger partial charge is 0.255 e. The van der Waals surface area contributed by atoms with E-state index in [0.717, 1.165) is 22.6 Å². The zero-order chi connectivity index (χ0) is 23.0. The minimum absolute atomic E-state index is 0.173. The maximum absolute atomic E-state index is 12.6. The van der Waals surface area contributed by atoms with Crippen LogP contribution in [0.3, 0.4) is 0 Å². The number of aryl methyl sites for hydroxylation is 2. The van der Waals surface area contributed by atoms with Crippen molar-refractivity contribution in [2.75, 3.05) is 5.32 Å². The first-order valence-corrected chi connectivity index (χ1v) is 10.9. The van der Waals surface area contributed by atoms with E-state index in [2.05, 4.69) is 67.7 Å². The highest BCUT2D eigenvalue weighted by Crippen LogP contribution is 2.19. The van der Waals surface area contributed by atoms with Crippen molar-refractivity contribution in [1.29, 1.82) is 0 Å². The van der Waals surface area contributed by atoms with Gasteiger partial charge in [0.05, 0.1) is 0 Å². The molecule has 0 spiro atoms. The van der Waals surface area contributed by atoms with Crippen molar-refractivity contribution in [3.05, 3.63) is 125 Å². The van der Waals surface area contributed by atoms with Gasteiger partial charge in [-0.15, -0.1) is 0 Å². The van der Waals surface area contributed by atoms with Gasteiger partial charge in [0.1, 0.15) is 24.7 Å². The monoisotopic (exact) mass is 437 g/mol. The maximum atomic E-state index is 12.6. The van der Waals surface area contributed by atoms with Crippen LogP contribution in [0.5, 0.6) is 11.5 Å². The van der Waals surface area contributed by atoms with Gasteiger partial charge >= 0.3 is 0 Å². The summed E-state index contributed by atoms with van der Waals surface area (Å²) < 4.78 is 11.6. The molecule has 4 heteroatoms. The Labute approximate surface area is 194 Å². The SMILES string of the molecule is Cc1ccc(COc2ccc(NC(=O)c3ccc(OCc4ccc(C)cc4)cc3)cc2)cc1. The summed E-state index contributed by atoms with van der Waals surface area (Å²) >= 11 is 0. The van der Waals surface area contributed by atoms with Crippen molar-refractivity contribution in [2.24, 2.45) is 0 Å². The Hall–Kier alpha value is -4.05.